The summed E-state index contributed by atoms with van der Waals surface area (Å²) in [6.07, 6.45) is 1.41. The van der Waals surface area contributed by atoms with Gasteiger partial charge in [-0.05, 0) is 6.92 Å². The minimum Gasteiger partial charge on any atom is -0.255 e. The lowest BCUT2D eigenvalue weighted by molar-refractivity contribution is 1.09. The fourth-order valence-electron chi connectivity index (χ4n) is 0.534. The summed E-state index contributed by atoms with van der Waals surface area (Å²) in [4.78, 5) is 7.57. The molecule has 0 aliphatic carbocycles. The Balaban J connectivity index is 3.25. The maximum absolute atomic E-state index is 8.43. The van der Waals surface area contributed by atoms with Crippen molar-refractivity contribution in [2.75, 3.05) is 0 Å². The predicted molar refractivity (Wildman–Crippen MR) is 36.5 cm³/mol. The van der Waals surface area contributed by atoms with E-state index in [-0.39, 0.29) is 10.8 Å². The van der Waals surface area contributed by atoms with E-state index < -0.39 is 0 Å². The number of hydrogen-bond acceptors (Lipinski definition) is 3. The van der Waals surface area contributed by atoms with Crippen molar-refractivity contribution in [3.63, 3.8) is 0 Å². The van der Waals surface area contributed by atoms with Gasteiger partial charge in [-0.15, -0.1) is 0 Å². The van der Waals surface area contributed by atoms with Gasteiger partial charge in [0.15, 0.2) is 5.69 Å². The highest BCUT2D eigenvalue weighted by Crippen LogP contribution is 2.05. The van der Waals surface area contributed by atoms with Gasteiger partial charge in [0, 0.05) is 0 Å². The summed E-state index contributed by atoms with van der Waals surface area (Å²) < 4.78 is 0. The van der Waals surface area contributed by atoms with Crippen molar-refractivity contribution >= 4 is 11.6 Å². The van der Waals surface area contributed by atoms with Gasteiger partial charge in [0.2, 0.25) is 0 Å². The number of nitriles is 1. The van der Waals surface area contributed by atoms with Crippen LogP contribution in [0.2, 0.25) is 5.15 Å². The molecule has 0 unspecified atom stereocenters. The van der Waals surface area contributed by atoms with E-state index in [1.54, 1.807) is 6.92 Å². The lowest BCUT2D eigenvalue weighted by Crippen LogP contribution is -1.91. The summed E-state index contributed by atoms with van der Waals surface area (Å²) in [5.74, 6) is 0. The first-order chi connectivity index (χ1) is 4.74. The third-order valence-electron chi connectivity index (χ3n) is 1.03. The minimum absolute atomic E-state index is 0.252. The Hall–Kier alpha value is -1.14. The second kappa shape index (κ2) is 2.63. The second-order valence-electron chi connectivity index (χ2n) is 1.74. The molecule has 3 nitrogen and oxygen atoms in total. The Morgan fingerprint density at radius 1 is 1.70 bits per heavy atom. The van der Waals surface area contributed by atoms with Gasteiger partial charge in [-0.3, -0.25) is 4.98 Å². The smallest absolute Gasteiger partial charge is 0.163 e. The average molecular weight is 154 g/mol. The first-order valence-electron chi connectivity index (χ1n) is 2.63. The highest BCUT2D eigenvalue weighted by Gasteiger charge is 1.98. The fourth-order valence-corrected chi connectivity index (χ4v) is 0.667. The van der Waals surface area contributed by atoms with Gasteiger partial charge in [-0.2, -0.15) is 5.26 Å². The number of nitrogens with zero attached hydrogens (tertiary/aromatic N) is 3. The molecule has 0 saturated heterocycles. The lowest BCUT2D eigenvalue weighted by Gasteiger charge is -1.92. The van der Waals surface area contributed by atoms with Crippen LogP contribution >= 0.6 is 11.6 Å². The third kappa shape index (κ3) is 1.23. The normalized spacial score (nSPS) is 8.90. The molecule has 0 fully saturated rings. The highest BCUT2D eigenvalue weighted by molar-refractivity contribution is 6.29. The van der Waals surface area contributed by atoms with Crippen molar-refractivity contribution in [2.24, 2.45) is 0 Å². The van der Waals surface area contributed by atoms with E-state index in [4.69, 9.17) is 16.9 Å². The van der Waals surface area contributed by atoms with Crippen LogP contribution in [-0.4, -0.2) is 9.97 Å². The maximum atomic E-state index is 8.43. The number of hydrogen-bond donors (Lipinski definition) is 0. The van der Waals surface area contributed by atoms with Crippen LogP contribution < -0.4 is 0 Å². The molecular formula is C6H4ClN3. The van der Waals surface area contributed by atoms with Gasteiger partial charge < -0.3 is 0 Å². The summed E-state index contributed by atoms with van der Waals surface area (Å²) in [6, 6.07) is 1.88. The molecule has 1 aromatic rings. The Morgan fingerprint density at radius 2 is 2.40 bits per heavy atom. The Labute approximate surface area is 63.3 Å². The van der Waals surface area contributed by atoms with Crippen molar-refractivity contribution in [2.45, 2.75) is 6.92 Å². The molecule has 0 bridgehead atoms. The number of halogens is 1. The first-order valence-corrected chi connectivity index (χ1v) is 3.01. The van der Waals surface area contributed by atoms with Gasteiger partial charge in [-0.25, -0.2) is 4.98 Å². The quantitative estimate of drug-likeness (QED) is 0.565. The SMILES string of the molecule is Cc1ncc(Cl)nc1C#N. The van der Waals surface area contributed by atoms with Gasteiger partial charge in [0.25, 0.3) is 0 Å². The van der Waals surface area contributed by atoms with Gasteiger partial charge in [-0.1, -0.05) is 11.6 Å². The van der Waals surface area contributed by atoms with E-state index in [2.05, 4.69) is 9.97 Å². The zero-order valence-corrected chi connectivity index (χ0v) is 6.05. The van der Waals surface area contributed by atoms with Crippen LogP contribution in [0, 0.1) is 18.3 Å². The molecule has 0 atom stereocenters. The van der Waals surface area contributed by atoms with Crippen molar-refractivity contribution < 1.29 is 0 Å². The standard InChI is InChI=1S/C6H4ClN3/c1-4-5(2-8)10-6(7)3-9-4/h3H,1H3. The van der Waals surface area contributed by atoms with Crippen LogP contribution in [0.25, 0.3) is 0 Å². The van der Waals surface area contributed by atoms with Gasteiger partial charge in [0.1, 0.15) is 11.2 Å². The number of rotatable bonds is 0. The topological polar surface area (TPSA) is 49.6 Å². The molecule has 0 aromatic carbocycles. The molecule has 0 aliphatic rings. The van der Waals surface area contributed by atoms with Crippen LogP contribution in [0.1, 0.15) is 11.4 Å². The monoisotopic (exact) mass is 153 g/mol. The molecule has 10 heavy (non-hydrogen) atoms. The number of aromatic nitrogens is 2. The summed E-state index contributed by atoms with van der Waals surface area (Å²) in [7, 11) is 0. The zero-order chi connectivity index (χ0) is 7.56. The maximum Gasteiger partial charge on any atom is 0.163 e. The summed E-state index contributed by atoms with van der Waals surface area (Å²) >= 11 is 5.47. The van der Waals surface area contributed by atoms with E-state index >= 15 is 0 Å². The molecule has 0 aliphatic heterocycles. The van der Waals surface area contributed by atoms with Crippen LogP contribution in [0.3, 0.4) is 0 Å². The van der Waals surface area contributed by atoms with Crippen molar-refractivity contribution in [1.82, 2.24) is 9.97 Å². The average Bonchev–Trinajstić information content (AvgIpc) is 1.94. The first kappa shape index (κ1) is 6.97. The largest absolute Gasteiger partial charge is 0.255 e. The van der Waals surface area contributed by atoms with E-state index in [0.717, 1.165) is 0 Å². The van der Waals surface area contributed by atoms with Crippen molar-refractivity contribution in [3.8, 4) is 6.07 Å². The molecule has 1 aromatic heterocycles. The fraction of sp³-hybridized carbons (Fsp3) is 0.167. The summed E-state index contributed by atoms with van der Waals surface area (Å²) in [5.41, 5.74) is 0.888. The molecule has 4 heteroatoms. The van der Waals surface area contributed by atoms with Crippen LogP contribution in [0.4, 0.5) is 0 Å². The van der Waals surface area contributed by atoms with Crippen LogP contribution in [0.15, 0.2) is 6.20 Å². The number of aryl methyl sites for hydroxylation is 1. The predicted octanol–water partition coefficient (Wildman–Crippen LogP) is 1.31. The second-order valence-corrected chi connectivity index (χ2v) is 2.13. The van der Waals surface area contributed by atoms with Crippen LogP contribution in [-0.2, 0) is 0 Å². The Morgan fingerprint density at radius 3 is 2.90 bits per heavy atom. The molecule has 0 radical (unpaired) electrons. The van der Waals surface area contributed by atoms with Crippen molar-refractivity contribution in [1.29, 1.82) is 5.26 Å². The molecular weight excluding hydrogens is 150 g/mol. The third-order valence-corrected chi connectivity index (χ3v) is 1.21. The van der Waals surface area contributed by atoms with Crippen molar-refractivity contribution in [3.05, 3.63) is 22.7 Å². The van der Waals surface area contributed by atoms with E-state index in [9.17, 15) is 0 Å². The molecule has 1 rings (SSSR count). The minimum atomic E-state index is 0.252. The Bertz CT molecular complexity index is 290. The van der Waals surface area contributed by atoms with Gasteiger partial charge in [0.05, 0.1) is 11.9 Å². The molecule has 0 amide bonds. The lowest BCUT2D eigenvalue weighted by atomic mass is 10.3. The Kier molecular flexibility index (Phi) is 1.83. The molecule has 0 spiro atoms. The molecule has 0 saturated carbocycles. The van der Waals surface area contributed by atoms with E-state index in [0.29, 0.717) is 5.69 Å². The molecule has 0 N–H and O–H groups in total. The van der Waals surface area contributed by atoms with E-state index in [1.165, 1.54) is 6.20 Å². The molecule has 50 valence electrons. The highest BCUT2D eigenvalue weighted by atomic mass is 35.5. The summed E-state index contributed by atoms with van der Waals surface area (Å²) in [6.45, 7) is 1.71. The van der Waals surface area contributed by atoms with Crippen LogP contribution in [0.5, 0.6) is 0 Å². The van der Waals surface area contributed by atoms with E-state index in [1.807, 2.05) is 6.07 Å². The van der Waals surface area contributed by atoms with Gasteiger partial charge >= 0.3 is 0 Å². The summed E-state index contributed by atoms with van der Waals surface area (Å²) in [5, 5.41) is 8.68. The molecule has 1 heterocycles. The zero-order valence-electron chi connectivity index (χ0n) is 5.30.